The number of carbonyl (C=O) groups excluding carboxylic acids is 1. The van der Waals surface area contributed by atoms with Crippen molar-refractivity contribution < 1.29 is 14.6 Å². The SMILES string of the molecule is CSCSCSCSCC(=O)OCSCCSCO. The van der Waals surface area contributed by atoms with Gasteiger partial charge in [-0.1, -0.05) is 0 Å². The second-order valence-corrected chi connectivity index (χ2v) is 10.0. The number of hydrogen-bond donors (Lipinski definition) is 1. The van der Waals surface area contributed by atoms with Crippen LogP contribution in [0, 0.1) is 0 Å². The molecule has 1 N–H and O–H groups in total. The third-order valence-electron chi connectivity index (χ3n) is 1.52. The van der Waals surface area contributed by atoms with Gasteiger partial charge in [-0.15, -0.1) is 58.8 Å². The monoisotopic (exact) mass is 380 g/mol. The van der Waals surface area contributed by atoms with Crippen molar-refractivity contribution in [2.24, 2.45) is 0 Å². The average Bonchev–Trinajstić information content (AvgIpc) is 2.41. The first-order valence-corrected chi connectivity index (χ1v) is 12.6. The first kappa shape index (κ1) is 20.5. The van der Waals surface area contributed by atoms with Gasteiger partial charge in [-0.05, 0) is 6.26 Å². The third kappa shape index (κ3) is 17.5. The van der Waals surface area contributed by atoms with Gasteiger partial charge in [0.25, 0.3) is 0 Å². The molecule has 0 atom stereocenters. The maximum Gasteiger partial charge on any atom is 0.316 e. The fourth-order valence-corrected chi connectivity index (χ4v) is 6.15. The molecular weight excluding hydrogens is 361 g/mol. The molecule has 3 nitrogen and oxygen atoms in total. The summed E-state index contributed by atoms with van der Waals surface area (Å²) in [6.45, 7) is 0. The Labute approximate surface area is 141 Å². The predicted molar refractivity (Wildman–Crippen MR) is 98.7 cm³/mol. The molecule has 0 radical (unpaired) electrons. The molecule has 0 bridgehead atoms. The molecule has 0 rings (SSSR count). The van der Waals surface area contributed by atoms with Crippen LogP contribution in [-0.4, -0.2) is 61.7 Å². The highest BCUT2D eigenvalue weighted by Gasteiger charge is 2.02. The quantitative estimate of drug-likeness (QED) is 0.278. The van der Waals surface area contributed by atoms with Gasteiger partial charge in [0.05, 0.1) is 11.7 Å². The Hall–Kier alpha value is 1.53. The number of aliphatic hydroxyl groups is 1. The van der Waals surface area contributed by atoms with Crippen molar-refractivity contribution in [1.29, 1.82) is 0 Å². The van der Waals surface area contributed by atoms with Gasteiger partial charge in [0.15, 0.2) is 0 Å². The third-order valence-corrected chi connectivity index (χ3v) is 7.95. The minimum absolute atomic E-state index is 0.135. The summed E-state index contributed by atoms with van der Waals surface area (Å²) in [5.41, 5.74) is 0. The summed E-state index contributed by atoms with van der Waals surface area (Å²) in [7, 11) is 0. The van der Waals surface area contributed by atoms with Crippen LogP contribution in [0.15, 0.2) is 0 Å². The van der Waals surface area contributed by atoms with Gasteiger partial charge in [-0.2, -0.15) is 11.8 Å². The molecule has 9 heteroatoms. The van der Waals surface area contributed by atoms with E-state index in [1.54, 1.807) is 23.5 Å². The highest BCUT2D eigenvalue weighted by Crippen LogP contribution is 2.20. The summed E-state index contributed by atoms with van der Waals surface area (Å²) < 4.78 is 5.08. The molecule has 0 saturated carbocycles. The Morgan fingerprint density at radius 3 is 2.42 bits per heavy atom. The predicted octanol–water partition coefficient (Wildman–Crippen LogP) is 3.34. The number of rotatable bonds is 14. The normalized spacial score (nSPS) is 10.6. The zero-order valence-corrected chi connectivity index (χ0v) is 15.8. The summed E-state index contributed by atoms with van der Waals surface area (Å²) in [4.78, 5) is 11.3. The molecule has 0 fully saturated rings. The van der Waals surface area contributed by atoms with Crippen LogP contribution in [0.25, 0.3) is 0 Å². The van der Waals surface area contributed by atoms with Crippen molar-refractivity contribution in [2.75, 3.05) is 50.6 Å². The molecule has 0 saturated heterocycles. The highest BCUT2D eigenvalue weighted by molar-refractivity contribution is 8.26. The van der Waals surface area contributed by atoms with Crippen LogP contribution in [0.3, 0.4) is 0 Å². The first-order chi connectivity index (χ1) is 9.31. The van der Waals surface area contributed by atoms with Gasteiger partial charge >= 0.3 is 5.97 Å². The van der Waals surface area contributed by atoms with Crippen LogP contribution in [-0.2, 0) is 9.53 Å². The van der Waals surface area contributed by atoms with Crippen LogP contribution >= 0.6 is 70.6 Å². The van der Waals surface area contributed by atoms with E-state index in [4.69, 9.17) is 9.84 Å². The zero-order chi connectivity index (χ0) is 14.2. The lowest BCUT2D eigenvalue weighted by atomic mass is 10.8. The minimum Gasteiger partial charge on any atom is -0.454 e. The van der Waals surface area contributed by atoms with Gasteiger partial charge in [0, 0.05) is 26.8 Å². The maximum absolute atomic E-state index is 11.3. The Kier molecular flexibility index (Phi) is 19.0. The van der Waals surface area contributed by atoms with Crippen molar-refractivity contribution in [2.45, 2.75) is 0 Å². The molecule has 0 aromatic heterocycles. The molecule has 0 spiro atoms. The molecule has 19 heavy (non-hydrogen) atoms. The van der Waals surface area contributed by atoms with E-state index < -0.39 is 0 Å². The van der Waals surface area contributed by atoms with Crippen molar-refractivity contribution in [1.82, 2.24) is 0 Å². The van der Waals surface area contributed by atoms with E-state index in [-0.39, 0.29) is 11.9 Å². The molecular formula is C10H20O3S6. The lowest BCUT2D eigenvalue weighted by Crippen LogP contribution is -2.07. The van der Waals surface area contributed by atoms with E-state index in [1.165, 1.54) is 11.8 Å². The summed E-state index contributed by atoms with van der Waals surface area (Å²) in [5, 5.41) is 11.7. The van der Waals surface area contributed by atoms with E-state index in [2.05, 4.69) is 6.26 Å². The number of aliphatic hydroxyl groups excluding tert-OH is 1. The van der Waals surface area contributed by atoms with Crippen LogP contribution < -0.4 is 0 Å². The smallest absolute Gasteiger partial charge is 0.316 e. The molecule has 0 aliphatic carbocycles. The van der Waals surface area contributed by atoms with Crippen molar-refractivity contribution >= 4 is 76.5 Å². The highest BCUT2D eigenvalue weighted by atomic mass is 32.2. The largest absolute Gasteiger partial charge is 0.454 e. The first-order valence-electron chi connectivity index (χ1n) is 5.45. The van der Waals surface area contributed by atoms with E-state index in [0.717, 1.165) is 26.8 Å². The Balaban J connectivity index is 3.13. The maximum atomic E-state index is 11.3. The van der Waals surface area contributed by atoms with Gasteiger partial charge < -0.3 is 9.84 Å². The number of esters is 1. The standard InChI is InChI=1S/C10H20O3S6/c1-14-7-18-9-19-8-17-4-10(12)13-6-16-3-2-15-5-11/h11H,2-9H2,1H3. The van der Waals surface area contributed by atoms with Crippen molar-refractivity contribution in [3.63, 3.8) is 0 Å². The molecule has 0 unspecified atom stereocenters. The Morgan fingerprint density at radius 2 is 1.68 bits per heavy atom. The van der Waals surface area contributed by atoms with Gasteiger partial charge in [-0.3, -0.25) is 4.79 Å². The number of hydrogen-bond acceptors (Lipinski definition) is 9. The van der Waals surface area contributed by atoms with E-state index in [0.29, 0.717) is 11.7 Å². The van der Waals surface area contributed by atoms with Gasteiger partial charge in [-0.25, -0.2) is 0 Å². The van der Waals surface area contributed by atoms with Crippen LogP contribution in [0.5, 0.6) is 0 Å². The Bertz CT molecular complexity index is 208. The fourth-order valence-electron chi connectivity index (χ4n) is 0.785. The lowest BCUT2D eigenvalue weighted by Gasteiger charge is -2.04. The van der Waals surface area contributed by atoms with E-state index in [9.17, 15) is 4.79 Å². The second-order valence-electron chi connectivity index (χ2n) is 2.98. The van der Waals surface area contributed by atoms with Gasteiger partial charge in [0.2, 0.25) is 0 Å². The topological polar surface area (TPSA) is 46.5 Å². The van der Waals surface area contributed by atoms with Crippen LogP contribution in [0.4, 0.5) is 0 Å². The number of ether oxygens (including phenoxy) is 1. The van der Waals surface area contributed by atoms with E-state index >= 15 is 0 Å². The molecule has 114 valence electrons. The second kappa shape index (κ2) is 17.6. The van der Waals surface area contributed by atoms with Crippen molar-refractivity contribution in [3.05, 3.63) is 0 Å². The van der Waals surface area contributed by atoms with Crippen LogP contribution in [0.2, 0.25) is 0 Å². The van der Waals surface area contributed by atoms with Gasteiger partial charge in [0.1, 0.15) is 5.94 Å². The number of thioether (sulfide) groups is 6. The molecule has 0 aromatic carbocycles. The minimum atomic E-state index is -0.135. The summed E-state index contributed by atoms with van der Waals surface area (Å²) >= 11 is 10.3. The zero-order valence-electron chi connectivity index (χ0n) is 10.9. The van der Waals surface area contributed by atoms with Crippen molar-refractivity contribution in [3.8, 4) is 0 Å². The van der Waals surface area contributed by atoms with E-state index in [1.807, 2.05) is 35.3 Å². The fraction of sp³-hybridized carbons (Fsp3) is 0.900. The summed E-state index contributed by atoms with van der Waals surface area (Å²) in [5.74, 6) is 2.66. The molecule has 0 amide bonds. The lowest BCUT2D eigenvalue weighted by molar-refractivity contribution is -0.138. The molecule has 0 aromatic rings. The molecule has 0 aliphatic rings. The molecule has 0 aliphatic heterocycles. The van der Waals surface area contributed by atoms with Crippen LogP contribution in [0.1, 0.15) is 0 Å². The average molecular weight is 381 g/mol. The molecule has 0 heterocycles. The Morgan fingerprint density at radius 1 is 1.00 bits per heavy atom. The summed E-state index contributed by atoms with van der Waals surface area (Å²) in [6, 6.07) is 0. The summed E-state index contributed by atoms with van der Waals surface area (Å²) in [6.07, 6.45) is 2.10. The number of carbonyl (C=O) groups is 1.